The third-order valence-corrected chi connectivity index (χ3v) is 5.23. The minimum absolute atomic E-state index is 0.0470. The molecule has 3 aromatic rings. The van der Waals surface area contributed by atoms with Gasteiger partial charge >= 0.3 is 6.18 Å². The van der Waals surface area contributed by atoms with Crippen molar-refractivity contribution in [2.75, 3.05) is 0 Å². The van der Waals surface area contributed by atoms with E-state index in [-0.39, 0.29) is 21.4 Å². The zero-order chi connectivity index (χ0) is 22.9. The summed E-state index contributed by atoms with van der Waals surface area (Å²) in [7, 11) is 0. The Morgan fingerprint density at radius 2 is 1.84 bits per heavy atom. The average molecular weight is 459 g/mol. The number of hydrogen-bond acceptors (Lipinski definition) is 6. The summed E-state index contributed by atoms with van der Waals surface area (Å²) < 4.78 is 44.2. The SMILES string of the molecule is O=C1NC(=Nc2cccc(C(F)(F)F)c2)S/C1=C/c1ccc(-c2ccc([N+](=O)[O-])cc2)o1. The Hall–Kier alpha value is -3.86. The first-order valence-electron chi connectivity index (χ1n) is 9.00. The Labute approximate surface area is 182 Å². The number of nitro benzene ring substituents is 1. The number of non-ortho nitro benzene ring substituents is 1. The van der Waals surface area contributed by atoms with Gasteiger partial charge in [0.15, 0.2) is 5.17 Å². The highest BCUT2D eigenvalue weighted by atomic mass is 32.2. The molecule has 0 spiro atoms. The summed E-state index contributed by atoms with van der Waals surface area (Å²) in [6.45, 7) is 0. The van der Waals surface area contributed by atoms with E-state index >= 15 is 0 Å². The Morgan fingerprint density at radius 3 is 2.53 bits per heavy atom. The summed E-state index contributed by atoms with van der Waals surface area (Å²) in [5.74, 6) is 0.346. The lowest BCUT2D eigenvalue weighted by Gasteiger charge is -2.06. The standard InChI is InChI=1S/C21H12F3N3O4S/c22-21(23,24)13-2-1-3-14(10-13)25-20-26-19(28)18(32-20)11-16-8-9-17(31-16)12-4-6-15(7-5-12)27(29)30/h1-11H,(H,25,26,28)/b18-11+. The maximum Gasteiger partial charge on any atom is 0.416 e. The number of hydrogen-bond donors (Lipinski definition) is 1. The normalized spacial score (nSPS) is 16.5. The largest absolute Gasteiger partial charge is 0.457 e. The summed E-state index contributed by atoms with van der Waals surface area (Å²) >= 11 is 0.966. The van der Waals surface area contributed by atoms with Gasteiger partial charge in [-0.1, -0.05) is 6.07 Å². The van der Waals surface area contributed by atoms with E-state index in [1.54, 1.807) is 24.3 Å². The van der Waals surface area contributed by atoms with Crippen LogP contribution >= 0.6 is 11.8 Å². The van der Waals surface area contributed by atoms with E-state index in [2.05, 4.69) is 10.3 Å². The van der Waals surface area contributed by atoms with Gasteiger partial charge in [0, 0.05) is 23.8 Å². The smallest absolute Gasteiger partial charge is 0.416 e. The molecule has 1 fully saturated rings. The fourth-order valence-corrected chi connectivity index (χ4v) is 3.63. The van der Waals surface area contributed by atoms with Gasteiger partial charge in [0.2, 0.25) is 0 Å². The highest BCUT2D eigenvalue weighted by molar-refractivity contribution is 8.18. The summed E-state index contributed by atoms with van der Waals surface area (Å²) in [4.78, 5) is 26.8. The van der Waals surface area contributed by atoms with Crippen molar-refractivity contribution < 1.29 is 27.3 Å². The predicted molar refractivity (Wildman–Crippen MR) is 113 cm³/mol. The van der Waals surface area contributed by atoms with Gasteiger partial charge < -0.3 is 9.73 Å². The van der Waals surface area contributed by atoms with Gasteiger partial charge in [0.05, 0.1) is 21.1 Å². The lowest BCUT2D eigenvalue weighted by molar-refractivity contribution is -0.384. The number of halogens is 3. The number of nitro groups is 1. The molecular formula is C21H12F3N3O4S. The van der Waals surface area contributed by atoms with E-state index in [4.69, 9.17) is 4.42 Å². The van der Waals surface area contributed by atoms with Gasteiger partial charge in [-0.3, -0.25) is 14.9 Å². The Bertz CT molecular complexity index is 1260. The van der Waals surface area contributed by atoms with Crippen molar-refractivity contribution in [3.05, 3.63) is 87.0 Å². The molecule has 7 nitrogen and oxygen atoms in total. The number of aliphatic imine (C=N–C) groups is 1. The number of amidine groups is 1. The van der Waals surface area contributed by atoms with E-state index in [0.717, 1.165) is 23.9 Å². The molecule has 1 aliphatic heterocycles. The van der Waals surface area contributed by atoms with Crippen molar-refractivity contribution in [3.63, 3.8) is 0 Å². The molecule has 1 aromatic heterocycles. The van der Waals surface area contributed by atoms with E-state index < -0.39 is 22.6 Å². The van der Waals surface area contributed by atoms with Crippen LogP contribution in [0.25, 0.3) is 17.4 Å². The molecule has 1 saturated heterocycles. The van der Waals surface area contributed by atoms with Crippen LogP contribution in [0.3, 0.4) is 0 Å². The number of benzene rings is 2. The van der Waals surface area contributed by atoms with Crippen molar-refractivity contribution in [3.8, 4) is 11.3 Å². The molecular weight excluding hydrogens is 447 g/mol. The number of carbonyl (C=O) groups is 1. The number of amides is 1. The van der Waals surface area contributed by atoms with E-state index in [9.17, 15) is 28.1 Å². The molecule has 1 aliphatic rings. The van der Waals surface area contributed by atoms with Crippen LogP contribution in [0.2, 0.25) is 0 Å². The molecule has 0 radical (unpaired) electrons. The summed E-state index contributed by atoms with van der Waals surface area (Å²) in [6, 6.07) is 13.6. The van der Waals surface area contributed by atoms with Crippen molar-refractivity contribution in [2.45, 2.75) is 6.18 Å². The third kappa shape index (κ3) is 4.72. The highest BCUT2D eigenvalue weighted by Crippen LogP contribution is 2.33. The van der Waals surface area contributed by atoms with Crippen LogP contribution in [0.1, 0.15) is 11.3 Å². The first-order valence-corrected chi connectivity index (χ1v) is 9.82. The lowest BCUT2D eigenvalue weighted by atomic mass is 10.1. The first-order chi connectivity index (χ1) is 15.2. The van der Waals surface area contributed by atoms with Crippen molar-refractivity contribution in [1.82, 2.24) is 5.32 Å². The molecule has 2 aromatic carbocycles. The molecule has 1 amide bonds. The molecule has 0 saturated carbocycles. The van der Waals surface area contributed by atoms with Crippen molar-refractivity contribution in [2.24, 2.45) is 4.99 Å². The van der Waals surface area contributed by atoms with Gasteiger partial charge in [-0.05, 0) is 54.2 Å². The Kier molecular flexibility index (Phi) is 5.57. The lowest BCUT2D eigenvalue weighted by Crippen LogP contribution is -2.19. The predicted octanol–water partition coefficient (Wildman–Crippen LogP) is 5.77. The zero-order valence-corrected chi connectivity index (χ0v) is 16.7. The van der Waals surface area contributed by atoms with Crippen LogP contribution in [0, 0.1) is 10.1 Å². The Balaban J connectivity index is 1.52. The van der Waals surface area contributed by atoms with Gasteiger partial charge in [0.1, 0.15) is 11.5 Å². The molecule has 162 valence electrons. The molecule has 0 bridgehead atoms. The maximum atomic E-state index is 12.9. The fourth-order valence-electron chi connectivity index (χ4n) is 2.81. The first kappa shape index (κ1) is 21.4. The number of nitrogens with zero attached hydrogens (tertiary/aromatic N) is 2. The maximum absolute atomic E-state index is 12.9. The Morgan fingerprint density at radius 1 is 1.09 bits per heavy atom. The van der Waals surface area contributed by atoms with E-state index in [1.807, 2.05) is 0 Å². The third-order valence-electron chi connectivity index (χ3n) is 4.32. The number of furan rings is 1. The molecule has 32 heavy (non-hydrogen) atoms. The second kappa shape index (κ2) is 8.35. The average Bonchev–Trinajstić information content (AvgIpc) is 3.34. The minimum atomic E-state index is -4.49. The second-order valence-electron chi connectivity index (χ2n) is 6.54. The molecule has 0 atom stereocenters. The van der Waals surface area contributed by atoms with Gasteiger partial charge in [-0.15, -0.1) is 0 Å². The van der Waals surface area contributed by atoms with Crippen LogP contribution in [-0.2, 0) is 11.0 Å². The van der Waals surface area contributed by atoms with Crippen LogP contribution in [0.5, 0.6) is 0 Å². The van der Waals surface area contributed by atoms with Gasteiger partial charge in [-0.2, -0.15) is 13.2 Å². The zero-order valence-electron chi connectivity index (χ0n) is 15.9. The minimum Gasteiger partial charge on any atom is -0.457 e. The number of thioether (sulfide) groups is 1. The van der Waals surface area contributed by atoms with Crippen LogP contribution < -0.4 is 5.32 Å². The van der Waals surface area contributed by atoms with Crippen LogP contribution in [0.4, 0.5) is 24.5 Å². The van der Waals surface area contributed by atoms with Gasteiger partial charge in [-0.25, -0.2) is 4.99 Å². The molecule has 4 rings (SSSR count). The fraction of sp³-hybridized carbons (Fsp3) is 0.0476. The number of carbonyl (C=O) groups excluding carboxylic acids is 1. The van der Waals surface area contributed by atoms with Gasteiger partial charge in [0.25, 0.3) is 11.6 Å². The van der Waals surface area contributed by atoms with Crippen LogP contribution in [0.15, 0.2) is 75.0 Å². The van der Waals surface area contributed by atoms with Crippen molar-refractivity contribution >= 4 is 40.3 Å². The highest BCUT2D eigenvalue weighted by Gasteiger charge is 2.30. The molecule has 11 heteroatoms. The molecule has 0 unspecified atom stereocenters. The molecule has 1 N–H and O–H groups in total. The number of nitrogens with one attached hydrogen (secondary N) is 1. The van der Waals surface area contributed by atoms with Crippen LogP contribution in [-0.4, -0.2) is 16.0 Å². The monoisotopic (exact) mass is 459 g/mol. The van der Waals surface area contributed by atoms with E-state index in [0.29, 0.717) is 17.1 Å². The van der Waals surface area contributed by atoms with Crippen molar-refractivity contribution in [1.29, 1.82) is 0 Å². The van der Waals surface area contributed by atoms with E-state index in [1.165, 1.54) is 30.3 Å². The quantitative estimate of drug-likeness (QED) is 0.304. The molecule has 2 heterocycles. The summed E-state index contributed by atoms with van der Waals surface area (Å²) in [5.41, 5.74) is -0.203. The number of rotatable bonds is 4. The molecule has 0 aliphatic carbocycles. The topological polar surface area (TPSA) is 97.7 Å². The second-order valence-corrected chi connectivity index (χ2v) is 7.57. The number of alkyl halides is 3. The summed E-state index contributed by atoms with van der Waals surface area (Å²) in [6.07, 6.45) is -3.02. The summed E-state index contributed by atoms with van der Waals surface area (Å²) in [5, 5.41) is 13.4.